The predicted molar refractivity (Wildman–Crippen MR) is 167 cm³/mol. The summed E-state index contributed by atoms with van der Waals surface area (Å²) in [5, 5.41) is 13.4. The molecule has 0 spiro atoms. The number of pyridine rings is 1. The summed E-state index contributed by atoms with van der Waals surface area (Å²) >= 11 is 0. The van der Waals surface area contributed by atoms with Crippen molar-refractivity contribution >= 4 is 36.2 Å². The normalized spacial score (nSPS) is 21.0. The highest BCUT2D eigenvalue weighted by atomic mass is 16.6. The summed E-state index contributed by atoms with van der Waals surface area (Å²) in [6.07, 6.45) is 4.98. The van der Waals surface area contributed by atoms with Crippen LogP contribution in [0, 0.1) is 11.3 Å². The number of benzene rings is 1. The van der Waals surface area contributed by atoms with E-state index in [0.717, 1.165) is 17.1 Å². The van der Waals surface area contributed by atoms with Gasteiger partial charge in [-0.25, -0.2) is 9.78 Å². The number of aldehydes is 1. The van der Waals surface area contributed by atoms with Crippen molar-refractivity contribution in [3.8, 4) is 5.88 Å². The molecule has 236 valence electrons. The molecule has 43 heavy (non-hydrogen) atoms. The number of nitrogens with one attached hydrogen (secondary N) is 1. The van der Waals surface area contributed by atoms with E-state index in [0.29, 0.717) is 37.7 Å². The Kier molecular flexibility index (Phi) is 13.2. The first kappa shape index (κ1) is 35.7. The number of carbonyl (C=O) groups excluding carboxylic acids is 3. The van der Waals surface area contributed by atoms with E-state index in [2.05, 4.69) is 16.9 Å². The second-order valence-electron chi connectivity index (χ2n) is 12.8. The second kappa shape index (κ2) is 15.8. The lowest BCUT2D eigenvalue weighted by Crippen LogP contribution is -2.46. The maximum absolute atomic E-state index is 11.4. The first-order valence-electron chi connectivity index (χ1n) is 14.4. The molecule has 2 aromatic rings. The molecule has 3 unspecified atom stereocenters. The highest BCUT2D eigenvalue weighted by molar-refractivity contribution is 6.43. The zero-order valence-corrected chi connectivity index (χ0v) is 26.4. The van der Waals surface area contributed by atoms with E-state index in [1.807, 2.05) is 69.1 Å². The van der Waals surface area contributed by atoms with Gasteiger partial charge in [0, 0.05) is 31.2 Å². The van der Waals surface area contributed by atoms with Crippen LogP contribution in [0.3, 0.4) is 0 Å². The third-order valence-corrected chi connectivity index (χ3v) is 6.84. The first-order valence-corrected chi connectivity index (χ1v) is 14.4. The number of hydrogen-bond acceptors (Lipinski definition) is 9. The number of carbonyl (C=O) groups is 3. The molecule has 3 heterocycles. The van der Waals surface area contributed by atoms with E-state index in [1.165, 1.54) is 0 Å². The summed E-state index contributed by atoms with van der Waals surface area (Å²) in [6.45, 7) is 15.9. The summed E-state index contributed by atoms with van der Waals surface area (Å²) in [4.78, 5) is 39.7. The molecule has 4 N–H and O–H groups in total. The number of primary amides is 1. The van der Waals surface area contributed by atoms with Gasteiger partial charge >= 0.3 is 13.2 Å². The summed E-state index contributed by atoms with van der Waals surface area (Å²) in [7, 11) is 1.34. The molecule has 0 saturated carbocycles. The number of ether oxygens (including phenoxy) is 2. The van der Waals surface area contributed by atoms with Crippen LogP contribution in [0.15, 0.2) is 49.2 Å². The zero-order chi connectivity index (χ0) is 32.4. The maximum Gasteiger partial charge on any atom is 0.454 e. The van der Waals surface area contributed by atoms with Crippen molar-refractivity contribution in [1.29, 1.82) is 0 Å². The van der Waals surface area contributed by atoms with Gasteiger partial charge < -0.3 is 35.0 Å². The molecule has 1 aromatic carbocycles. The third kappa shape index (κ3) is 12.0. The average molecular weight is 599 g/mol. The highest BCUT2D eigenvalue weighted by Gasteiger charge is 2.35. The van der Waals surface area contributed by atoms with Crippen molar-refractivity contribution in [1.82, 2.24) is 15.2 Å². The molecule has 0 aliphatic carbocycles. The van der Waals surface area contributed by atoms with Crippen LogP contribution in [0.4, 0.5) is 4.79 Å². The number of fused-ring (bicyclic) bond motifs is 1. The largest absolute Gasteiger partial charge is 0.472 e. The van der Waals surface area contributed by atoms with E-state index in [4.69, 9.17) is 24.9 Å². The number of aromatic nitrogens is 1. The van der Waals surface area contributed by atoms with Crippen LogP contribution in [0.1, 0.15) is 48.0 Å². The molecule has 0 radical (unpaired) electrons. The molecule has 4 rings (SSSR count). The predicted octanol–water partition coefficient (Wildman–Crippen LogP) is 3.60. The standard InChI is InChI=1S/C15H17N3O2.C11H21NO3.C5H9BO2/c1-18-9-11(8-13(18)14(16)19)20-15-12-5-3-2-4-10(12)6-7-17-15;1-10(2,3)8(7-13)12-9(14)15-11(4,5)6;1-2-5-3-6(7)8-4-5/h2-7,11,13H,8-9H2,1H3,(H2,16,19);7-8H,1-6H3,(H,12,14);2,5,7H,1,3-4H2/t11-,13?;;/m1../s1. The molecule has 1 aromatic heterocycles. The quantitative estimate of drug-likeness (QED) is 0.257. The van der Waals surface area contributed by atoms with Crippen LogP contribution in [-0.2, 0) is 19.0 Å². The van der Waals surface area contributed by atoms with Gasteiger partial charge in [-0.15, -0.1) is 6.58 Å². The van der Waals surface area contributed by atoms with Gasteiger partial charge in [-0.3, -0.25) is 9.69 Å². The van der Waals surface area contributed by atoms with E-state index in [1.54, 1.807) is 27.0 Å². The molecule has 2 saturated heterocycles. The lowest BCUT2D eigenvalue weighted by Gasteiger charge is -2.28. The molecule has 11 nitrogen and oxygen atoms in total. The van der Waals surface area contributed by atoms with Crippen molar-refractivity contribution in [2.45, 2.75) is 78.1 Å². The lowest BCUT2D eigenvalue weighted by molar-refractivity contribution is -0.121. The van der Waals surface area contributed by atoms with Crippen molar-refractivity contribution in [3.63, 3.8) is 0 Å². The van der Waals surface area contributed by atoms with E-state index >= 15 is 0 Å². The maximum atomic E-state index is 11.4. The minimum Gasteiger partial charge on any atom is -0.472 e. The van der Waals surface area contributed by atoms with E-state index in [-0.39, 0.29) is 23.5 Å². The SMILES string of the molecule is C=CC1COB(O)C1.CC(C)(C)OC(=O)NC(C=O)C(C)(C)C.CN1C[C@H](Oc2nccc3ccccc23)CC1C(N)=O. The van der Waals surface area contributed by atoms with E-state index in [9.17, 15) is 14.4 Å². The number of likely N-dealkylation sites (tertiary alicyclic amines) is 1. The van der Waals surface area contributed by atoms with Gasteiger partial charge in [0.15, 0.2) is 0 Å². The Morgan fingerprint density at radius 1 is 1.23 bits per heavy atom. The average Bonchev–Trinajstić information content (AvgIpc) is 3.51. The molecule has 2 aliphatic heterocycles. The third-order valence-electron chi connectivity index (χ3n) is 6.84. The Hall–Kier alpha value is -3.48. The summed E-state index contributed by atoms with van der Waals surface area (Å²) in [5.41, 5.74) is 4.53. The topological polar surface area (TPSA) is 153 Å². The Morgan fingerprint density at radius 3 is 2.40 bits per heavy atom. The molecular weight excluding hydrogens is 551 g/mol. The first-order chi connectivity index (χ1) is 20.0. The summed E-state index contributed by atoms with van der Waals surface area (Å²) < 4.78 is 15.9. The van der Waals surface area contributed by atoms with Gasteiger partial charge in [0.2, 0.25) is 11.8 Å². The minimum absolute atomic E-state index is 0.0594. The molecule has 12 heteroatoms. The second-order valence-corrected chi connectivity index (χ2v) is 12.8. The molecule has 2 aliphatic rings. The van der Waals surface area contributed by atoms with Crippen LogP contribution < -0.4 is 15.8 Å². The van der Waals surface area contributed by atoms with Crippen molar-refractivity contribution < 1.29 is 33.5 Å². The highest BCUT2D eigenvalue weighted by Crippen LogP contribution is 2.27. The van der Waals surface area contributed by atoms with Crippen LogP contribution in [0.5, 0.6) is 5.88 Å². The van der Waals surface area contributed by atoms with Crippen molar-refractivity contribution in [2.24, 2.45) is 17.1 Å². The summed E-state index contributed by atoms with van der Waals surface area (Å²) in [5.74, 6) is 0.682. The minimum atomic E-state index is -0.561. The lowest BCUT2D eigenvalue weighted by atomic mass is 9.82. The fourth-order valence-electron chi connectivity index (χ4n) is 4.40. The van der Waals surface area contributed by atoms with Gasteiger partial charge in [0.25, 0.3) is 0 Å². The Morgan fingerprint density at radius 2 is 1.91 bits per heavy atom. The number of alkyl carbamates (subject to hydrolysis) is 1. The fourth-order valence-corrected chi connectivity index (χ4v) is 4.40. The Labute approximate surface area is 255 Å². The Bertz CT molecular complexity index is 1230. The number of likely N-dealkylation sites (N-methyl/N-ethyl adjacent to an activating group) is 1. The van der Waals surface area contributed by atoms with E-state index < -0.39 is 24.9 Å². The van der Waals surface area contributed by atoms with Gasteiger partial charge in [-0.05, 0) is 63.0 Å². The molecule has 2 amide bonds. The number of nitrogens with two attached hydrogens (primary N) is 1. The van der Waals surface area contributed by atoms with Crippen LogP contribution in [0.25, 0.3) is 10.8 Å². The fraction of sp³-hybridized carbons (Fsp3) is 0.548. The van der Waals surface area contributed by atoms with Crippen LogP contribution in [-0.4, -0.2) is 84.3 Å². The monoisotopic (exact) mass is 598 g/mol. The van der Waals surface area contributed by atoms with Gasteiger partial charge in [0.05, 0.1) is 12.1 Å². The number of rotatable bonds is 6. The molecular formula is C31H47BN4O7. The summed E-state index contributed by atoms with van der Waals surface area (Å²) in [6, 6.07) is 9.12. The van der Waals surface area contributed by atoms with Gasteiger partial charge in [-0.1, -0.05) is 45.0 Å². The van der Waals surface area contributed by atoms with Crippen molar-refractivity contribution in [2.75, 3.05) is 20.2 Å². The van der Waals surface area contributed by atoms with Crippen LogP contribution in [0.2, 0.25) is 6.32 Å². The smallest absolute Gasteiger partial charge is 0.454 e. The number of hydrogen-bond donors (Lipinski definition) is 3. The van der Waals surface area contributed by atoms with Gasteiger partial charge in [-0.2, -0.15) is 0 Å². The number of amides is 2. The number of nitrogens with zero attached hydrogens (tertiary/aromatic N) is 2. The van der Waals surface area contributed by atoms with Crippen LogP contribution >= 0.6 is 0 Å². The molecule has 4 atom stereocenters. The van der Waals surface area contributed by atoms with Gasteiger partial charge in [0.1, 0.15) is 18.0 Å². The molecule has 0 bridgehead atoms. The molecule has 2 fully saturated rings. The Balaban J connectivity index is 0.000000247. The zero-order valence-electron chi connectivity index (χ0n) is 26.4. The van der Waals surface area contributed by atoms with Crippen molar-refractivity contribution in [3.05, 3.63) is 49.2 Å².